The molecule has 6 rings (SSSR count). The van der Waals surface area contributed by atoms with E-state index in [1.54, 1.807) is 6.92 Å². The van der Waals surface area contributed by atoms with Gasteiger partial charge in [-0.25, -0.2) is 4.79 Å². The summed E-state index contributed by atoms with van der Waals surface area (Å²) >= 11 is 0. The summed E-state index contributed by atoms with van der Waals surface area (Å²) in [6.07, 6.45) is 13.3. The molecular formula is C23H34O3. The molecule has 0 amide bonds. The monoisotopic (exact) mass is 358 g/mol. The van der Waals surface area contributed by atoms with Crippen LogP contribution in [0.4, 0.5) is 0 Å². The fourth-order valence-corrected chi connectivity index (χ4v) is 8.07. The van der Waals surface area contributed by atoms with Crippen LogP contribution in [0.2, 0.25) is 0 Å². The highest BCUT2D eigenvalue weighted by Crippen LogP contribution is 2.64. The molecule has 6 aliphatic carbocycles. The Morgan fingerprint density at radius 1 is 1.00 bits per heavy atom. The molecule has 3 nitrogen and oxygen atoms in total. The van der Waals surface area contributed by atoms with Crippen molar-refractivity contribution in [2.75, 3.05) is 0 Å². The number of ether oxygens (including phenoxy) is 2. The van der Waals surface area contributed by atoms with E-state index >= 15 is 0 Å². The van der Waals surface area contributed by atoms with Crippen molar-refractivity contribution < 1.29 is 14.3 Å². The number of carbonyl (C=O) groups is 1. The second kappa shape index (κ2) is 5.59. The van der Waals surface area contributed by atoms with Crippen molar-refractivity contribution >= 4 is 5.97 Å². The van der Waals surface area contributed by atoms with E-state index in [1.165, 1.54) is 44.9 Å². The van der Waals surface area contributed by atoms with Crippen molar-refractivity contribution in [1.29, 1.82) is 0 Å². The highest BCUT2D eigenvalue weighted by Gasteiger charge is 2.63. The van der Waals surface area contributed by atoms with Crippen LogP contribution in [0, 0.1) is 23.7 Å². The number of hydrogen-bond donors (Lipinski definition) is 0. The van der Waals surface area contributed by atoms with Crippen LogP contribution in [-0.4, -0.2) is 22.8 Å². The molecule has 0 aromatic rings. The summed E-state index contributed by atoms with van der Waals surface area (Å²) in [6.45, 7) is 7.89. The molecule has 0 N–H and O–H groups in total. The molecule has 0 aromatic heterocycles. The van der Waals surface area contributed by atoms with Crippen molar-refractivity contribution in [2.24, 2.45) is 23.7 Å². The molecule has 0 aliphatic heterocycles. The molecule has 6 aliphatic rings. The molecular weight excluding hydrogens is 324 g/mol. The normalized spacial score (nSPS) is 51.0. The minimum absolute atomic E-state index is 0.0417. The second-order valence-corrected chi connectivity index (χ2v) is 10.6. The lowest BCUT2D eigenvalue weighted by Crippen LogP contribution is -2.63. The summed E-state index contributed by atoms with van der Waals surface area (Å²) in [7, 11) is 0. The van der Waals surface area contributed by atoms with Gasteiger partial charge in [0.05, 0.1) is 11.2 Å². The minimum atomic E-state index is -0.285. The smallest absolute Gasteiger partial charge is 0.333 e. The summed E-state index contributed by atoms with van der Waals surface area (Å²) < 4.78 is 13.3. The average Bonchev–Trinajstić information content (AvgIpc) is 3.13. The first-order valence-corrected chi connectivity index (χ1v) is 10.9. The largest absolute Gasteiger partial charge is 0.456 e. The van der Waals surface area contributed by atoms with E-state index in [2.05, 4.69) is 13.5 Å². The Labute approximate surface area is 157 Å². The number of esters is 1. The van der Waals surface area contributed by atoms with Gasteiger partial charge in [0.15, 0.2) is 0 Å². The topological polar surface area (TPSA) is 35.5 Å². The van der Waals surface area contributed by atoms with Gasteiger partial charge in [0.1, 0.15) is 5.60 Å². The SMILES string of the molecule is C=C(C)C(=O)OC12CC3CC(C1)CC(OC1(CC)CC4CCC1C4)(C3)C2. The van der Waals surface area contributed by atoms with Crippen molar-refractivity contribution in [2.45, 2.75) is 101 Å². The molecule has 0 saturated heterocycles. The first-order chi connectivity index (χ1) is 12.3. The van der Waals surface area contributed by atoms with Gasteiger partial charge in [0, 0.05) is 12.0 Å². The number of carbonyl (C=O) groups excluding carboxylic acids is 1. The van der Waals surface area contributed by atoms with Gasteiger partial charge < -0.3 is 9.47 Å². The molecule has 5 unspecified atom stereocenters. The molecule has 0 spiro atoms. The van der Waals surface area contributed by atoms with Crippen molar-refractivity contribution in [3.8, 4) is 0 Å². The predicted molar refractivity (Wildman–Crippen MR) is 101 cm³/mol. The lowest BCUT2D eigenvalue weighted by Gasteiger charge is -2.62. The minimum Gasteiger partial charge on any atom is -0.456 e. The zero-order chi connectivity index (χ0) is 18.2. The summed E-state index contributed by atoms with van der Waals surface area (Å²) in [4.78, 5) is 12.3. The maximum absolute atomic E-state index is 12.3. The summed E-state index contributed by atoms with van der Waals surface area (Å²) in [5.41, 5.74) is 0.301. The maximum atomic E-state index is 12.3. The lowest BCUT2D eigenvalue weighted by molar-refractivity contribution is -0.274. The Hall–Kier alpha value is -0.830. The van der Waals surface area contributed by atoms with Crippen LogP contribution in [-0.2, 0) is 14.3 Å². The Kier molecular flexibility index (Phi) is 3.72. The molecule has 6 bridgehead atoms. The van der Waals surface area contributed by atoms with Gasteiger partial charge in [-0.3, -0.25) is 0 Å². The van der Waals surface area contributed by atoms with Crippen LogP contribution in [0.3, 0.4) is 0 Å². The van der Waals surface area contributed by atoms with Gasteiger partial charge in [-0.1, -0.05) is 13.5 Å². The lowest BCUT2D eigenvalue weighted by atomic mass is 9.52. The van der Waals surface area contributed by atoms with E-state index in [9.17, 15) is 4.79 Å². The quantitative estimate of drug-likeness (QED) is 0.501. The van der Waals surface area contributed by atoms with Gasteiger partial charge in [-0.05, 0) is 94.8 Å². The third-order valence-corrected chi connectivity index (χ3v) is 8.55. The van der Waals surface area contributed by atoms with E-state index in [1.807, 2.05) is 0 Å². The van der Waals surface area contributed by atoms with Gasteiger partial charge in [-0.15, -0.1) is 0 Å². The third kappa shape index (κ3) is 2.52. The van der Waals surface area contributed by atoms with Gasteiger partial charge in [0.25, 0.3) is 0 Å². The Bertz CT molecular complexity index is 623. The van der Waals surface area contributed by atoms with E-state index in [4.69, 9.17) is 9.47 Å². The first-order valence-electron chi connectivity index (χ1n) is 10.9. The first kappa shape index (κ1) is 17.3. The van der Waals surface area contributed by atoms with Crippen molar-refractivity contribution in [3.63, 3.8) is 0 Å². The van der Waals surface area contributed by atoms with Crippen molar-refractivity contribution in [1.82, 2.24) is 0 Å². The summed E-state index contributed by atoms with van der Waals surface area (Å²) in [5.74, 6) is 2.79. The van der Waals surface area contributed by atoms with Crippen LogP contribution in [0.15, 0.2) is 12.2 Å². The van der Waals surface area contributed by atoms with Crippen LogP contribution < -0.4 is 0 Å². The van der Waals surface area contributed by atoms with E-state index in [-0.39, 0.29) is 22.8 Å². The number of rotatable bonds is 5. The fourth-order valence-electron chi connectivity index (χ4n) is 8.07. The molecule has 3 heteroatoms. The van der Waals surface area contributed by atoms with E-state index in [0.29, 0.717) is 17.4 Å². The highest BCUT2D eigenvalue weighted by atomic mass is 16.6. The maximum Gasteiger partial charge on any atom is 0.333 e. The zero-order valence-corrected chi connectivity index (χ0v) is 16.5. The van der Waals surface area contributed by atoms with Crippen LogP contribution >= 0.6 is 0 Å². The Balaban J connectivity index is 1.42. The van der Waals surface area contributed by atoms with Gasteiger partial charge in [-0.2, -0.15) is 0 Å². The second-order valence-electron chi connectivity index (χ2n) is 10.6. The van der Waals surface area contributed by atoms with Crippen LogP contribution in [0.25, 0.3) is 0 Å². The fraction of sp³-hybridized carbons (Fsp3) is 0.870. The summed E-state index contributed by atoms with van der Waals surface area (Å²) in [5, 5.41) is 0. The predicted octanol–water partition coefficient (Wildman–Crippen LogP) is 5.18. The van der Waals surface area contributed by atoms with Gasteiger partial charge >= 0.3 is 5.97 Å². The molecule has 5 atom stereocenters. The van der Waals surface area contributed by atoms with Crippen molar-refractivity contribution in [3.05, 3.63) is 12.2 Å². The van der Waals surface area contributed by atoms with Gasteiger partial charge in [0.2, 0.25) is 0 Å². The Morgan fingerprint density at radius 2 is 1.69 bits per heavy atom. The van der Waals surface area contributed by atoms with Crippen LogP contribution in [0.1, 0.15) is 84.5 Å². The average molecular weight is 359 g/mol. The molecule has 144 valence electrons. The molecule has 6 saturated carbocycles. The molecule has 0 aromatic carbocycles. The van der Waals surface area contributed by atoms with Crippen LogP contribution in [0.5, 0.6) is 0 Å². The number of fused-ring (bicyclic) bond motifs is 2. The van der Waals surface area contributed by atoms with E-state index in [0.717, 1.165) is 37.5 Å². The third-order valence-electron chi connectivity index (χ3n) is 8.55. The molecule has 0 heterocycles. The molecule has 26 heavy (non-hydrogen) atoms. The zero-order valence-electron chi connectivity index (χ0n) is 16.5. The standard InChI is InChI=1S/C23H34O3/c1-4-23(13-16-5-6-19(23)8-16)26-22-11-17-7-18(12-22)10-21(9-17,14-22)25-20(24)15(2)3/h16-19H,2,4-14H2,1,3H3. The molecule has 6 fully saturated rings. The Morgan fingerprint density at radius 3 is 2.23 bits per heavy atom. The highest BCUT2D eigenvalue weighted by molar-refractivity contribution is 5.87. The number of hydrogen-bond acceptors (Lipinski definition) is 3. The molecule has 0 radical (unpaired) electrons. The van der Waals surface area contributed by atoms with E-state index < -0.39 is 0 Å². The summed E-state index contributed by atoms with van der Waals surface area (Å²) in [6, 6.07) is 0.